The maximum Gasteiger partial charge on any atom is 0.416 e. The second-order valence-corrected chi connectivity index (χ2v) is 6.53. The Morgan fingerprint density at radius 2 is 1.83 bits per heavy atom. The minimum atomic E-state index is -4.42. The zero-order valence-electron chi connectivity index (χ0n) is 13.4. The summed E-state index contributed by atoms with van der Waals surface area (Å²) < 4.78 is 38.1. The van der Waals surface area contributed by atoms with E-state index in [2.05, 4.69) is 10.6 Å². The summed E-state index contributed by atoms with van der Waals surface area (Å²) in [7, 11) is 0. The fraction of sp³-hybridized carbons (Fsp3) is 0.588. The van der Waals surface area contributed by atoms with Crippen molar-refractivity contribution in [2.24, 2.45) is 0 Å². The number of halogens is 4. The standard InChI is InChI=1S/C17H22ClF3N2O/c18-14-8-7-12(17(19,20)21)11-15(14)22-10-9-16(24)23-13-5-3-1-2-4-6-13/h7-8,11,13,22H,1-6,9-10H2,(H,23,24). The molecule has 1 fully saturated rings. The lowest BCUT2D eigenvalue weighted by Gasteiger charge is -2.17. The summed E-state index contributed by atoms with van der Waals surface area (Å²) in [5, 5.41) is 6.02. The van der Waals surface area contributed by atoms with Crippen LogP contribution < -0.4 is 10.6 Å². The van der Waals surface area contributed by atoms with E-state index in [-0.39, 0.29) is 35.6 Å². The first-order chi connectivity index (χ1) is 11.4. The highest BCUT2D eigenvalue weighted by atomic mass is 35.5. The van der Waals surface area contributed by atoms with Crippen LogP contribution in [-0.2, 0) is 11.0 Å². The Morgan fingerprint density at radius 3 is 2.46 bits per heavy atom. The molecule has 2 rings (SSSR count). The topological polar surface area (TPSA) is 41.1 Å². The van der Waals surface area contributed by atoms with E-state index in [9.17, 15) is 18.0 Å². The van der Waals surface area contributed by atoms with Crippen LogP contribution in [0, 0.1) is 0 Å². The van der Waals surface area contributed by atoms with Crippen molar-refractivity contribution in [1.29, 1.82) is 0 Å². The van der Waals surface area contributed by atoms with Gasteiger partial charge in [-0.25, -0.2) is 0 Å². The van der Waals surface area contributed by atoms with Crippen molar-refractivity contribution in [3.05, 3.63) is 28.8 Å². The summed E-state index contributed by atoms with van der Waals surface area (Å²) >= 11 is 5.90. The van der Waals surface area contributed by atoms with E-state index in [4.69, 9.17) is 11.6 Å². The fourth-order valence-corrected chi connectivity index (χ4v) is 3.06. The van der Waals surface area contributed by atoms with Gasteiger partial charge in [-0.1, -0.05) is 37.3 Å². The van der Waals surface area contributed by atoms with Gasteiger partial charge in [0.2, 0.25) is 5.91 Å². The summed E-state index contributed by atoms with van der Waals surface area (Å²) in [6.07, 6.45) is 2.45. The number of amides is 1. The molecule has 1 aromatic rings. The second-order valence-electron chi connectivity index (χ2n) is 6.13. The molecule has 3 nitrogen and oxygen atoms in total. The van der Waals surface area contributed by atoms with Crippen LogP contribution >= 0.6 is 11.6 Å². The van der Waals surface area contributed by atoms with Gasteiger partial charge in [-0.05, 0) is 31.0 Å². The zero-order chi connectivity index (χ0) is 17.6. The molecule has 1 aliphatic rings. The molecule has 0 heterocycles. The van der Waals surface area contributed by atoms with Crippen LogP contribution in [-0.4, -0.2) is 18.5 Å². The lowest BCUT2D eigenvalue weighted by molar-refractivity contribution is -0.137. The molecule has 0 unspecified atom stereocenters. The number of nitrogens with one attached hydrogen (secondary N) is 2. The van der Waals surface area contributed by atoms with Crippen LogP contribution in [0.15, 0.2) is 18.2 Å². The Hall–Kier alpha value is -1.43. The fourth-order valence-electron chi connectivity index (χ4n) is 2.87. The molecule has 1 aliphatic carbocycles. The van der Waals surface area contributed by atoms with Gasteiger partial charge in [-0.2, -0.15) is 13.2 Å². The first kappa shape index (κ1) is 18.9. The number of hydrogen-bond acceptors (Lipinski definition) is 2. The van der Waals surface area contributed by atoms with Crippen LogP contribution in [0.3, 0.4) is 0 Å². The van der Waals surface area contributed by atoms with Gasteiger partial charge in [0.1, 0.15) is 0 Å². The lowest BCUT2D eigenvalue weighted by Crippen LogP contribution is -2.35. The molecule has 2 N–H and O–H groups in total. The van der Waals surface area contributed by atoms with E-state index in [1.54, 1.807) is 0 Å². The lowest BCUT2D eigenvalue weighted by atomic mass is 10.1. The van der Waals surface area contributed by atoms with E-state index < -0.39 is 11.7 Å². The van der Waals surface area contributed by atoms with Crippen molar-refractivity contribution in [3.8, 4) is 0 Å². The van der Waals surface area contributed by atoms with Gasteiger partial charge in [0.25, 0.3) is 0 Å². The molecule has 0 bridgehead atoms. The number of benzene rings is 1. The van der Waals surface area contributed by atoms with Crippen molar-refractivity contribution in [2.75, 3.05) is 11.9 Å². The van der Waals surface area contributed by atoms with E-state index in [0.717, 1.165) is 37.8 Å². The van der Waals surface area contributed by atoms with Gasteiger partial charge in [-0.15, -0.1) is 0 Å². The largest absolute Gasteiger partial charge is 0.416 e. The van der Waals surface area contributed by atoms with Gasteiger partial charge in [-0.3, -0.25) is 4.79 Å². The van der Waals surface area contributed by atoms with Crippen molar-refractivity contribution in [2.45, 2.75) is 57.2 Å². The molecule has 0 radical (unpaired) electrons. The second kappa shape index (κ2) is 8.60. The number of carbonyl (C=O) groups excluding carboxylic acids is 1. The molecule has 1 amide bonds. The van der Waals surface area contributed by atoms with Crippen molar-refractivity contribution in [1.82, 2.24) is 5.32 Å². The normalized spacial score (nSPS) is 16.5. The average Bonchev–Trinajstić information content (AvgIpc) is 2.76. The average molecular weight is 363 g/mol. The zero-order valence-corrected chi connectivity index (χ0v) is 14.1. The minimum absolute atomic E-state index is 0.0856. The number of carbonyl (C=O) groups is 1. The molecule has 24 heavy (non-hydrogen) atoms. The Kier molecular flexibility index (Phi) is 6.78. The highest BCUT2D eigenvalue weighted by molar-refractivity contribution is 6.33. The molecule has 1 saturated carbocycles. The number of rotatable bonds is 5. The van der Waals surface area contributed by atoms with Crippen LogP contribution in [0.1, 0.15) is 50.5 Å². The summed E-state index contributed by atoms with van der Waals surface area (Å²) in [6, 6.07) is 3.33. The molecule has 1 aromatic carbocycles. The van der Waals surface area contributed by atoms with E-state index in [0.29, 0.717) is 0 Å². The summed E-state index contributed by atoms with van der Waals surface area (Å²) in [6.45, 7) is 0.236. The first-order valence-electron chi connectivity index (χ1n) is 8.26. The molecular formula is C17H22ClF3N2O. The van der Waals surface area contributed by atoms with Gasteiger partial charge < -0.3 is 10.6 Å². The Bertz CT molecular complexity index is 555. The number of hydrogen-bond donors (Lipinski definition) is 2. The van der Waals surface area contributed by atoms with Crippen LogP contribution in [0.2, 0.25) is 5.02 Å². The Balaban J connectivity index is 1.81. The Labute approximate surface area is 145 Å². The van der Waals surface area contributed by atoms with Gasteiger partial charge in [0, 0.05) is 19.0 Å². The van der Waals surface area contributed by atoms with Crippen LogP contribution in [0.25, 0.3) is 0 Å². The van der Waals surface area contributed by atoms with Crippen molar-refractivity contribution < 1.29 is 18.0 Å². The highest BCUT2D eigenvalue weighted by Crippen LogP contribution is 2.33. The molecule has 0 aromatic heterocycles. The molecule has 134 valence electrons. The van der Waals surface area contributed by atoms with Gasteiger partial charge >= 0.3 is 6.18 Å². The third-order valence-electron chi connectivity index (χ3n) is 4.18. The third kappa shape index (κ3) is 5.89. The smallest absolute Gasteiger partial charge is 0.383 e. The van der Waals surface area contributed by atoms with E-state index in [1.165, 1.54) is 18.9 Å². The molecule has 0 saturated heterocycles. The highest BCUT2D eigenvalue weighted by Gasteiger charge is 2.30. The van der Waals surface area contributed by atoms with E-state index >= 15 is 0 Å². The Morgan fingerprint density at radius 1 is 1.17 bits per heavy atom. The molecule has 0 aliphatic heterocycles. The summed E-state index contributed by atoms with van der Waals surface area (Å²) in [4.78, 5) is 12.0. The summed E-state index contributed by atoms with van der Waals surface area (Å²) in [5.74, 6) is -0.0856. The number of alkyl halides is 3. The molecule has 0 atom stereocenters. The van der Waals surface area contributed by atoms with Crippen LogP contribution in [0.5, 0.6) is 0 Å². The predicted octanol–water partition coefficient (Wildman–Crippen LogP) is 5.00. The van der Waals surface area contributed by atoms with Gasteiger partial charge in [0.15, 0.2) is 0 Å². The molecular weight excluding hydrogens is 341 g/mol. The predicted molar refractivity (Wildman–Crippen MR) is 89.2 cm³/mol. The van der Waals surface area contributed by atoms with Gasteiger partial charge in [0.05, 0.1) is 16.3 Å². The van der Waals surface area contributed by atoms with Crippen LogP contribution in [0.4, 0.5) is 18.9 Å². The van der Waals surface area contributed by atoms with Crippen molar-refractivity contribution >= 4 is 23.2 Å². The van der Waals surface area contributed by atoms with Crippen molar-refractivity contribution in [3.63, 3.8) is 0 Å². The number of anilines is 1. The van der Waals surface area contributed by atoms with E-state index in [1.807, 2.05) is 0 Å². The minimum Gasteiger partial charge on any atom is -0.383 e. The maximum absolute atomic E-state index is 12.7. The monoisotopic (exact) mass is 362 g/mol. The quantitative estimate of drug-likeness (QED) is 0.724. The molecule has 0 spiro atoms. The maximum atomic E-state index is 12.7. The SMILES string of the molecule is O=C(CCNc1cc(C(F)(F)F)ccc1Cl)NC1CCCCCC1. The summed E-state index contributed by atoms with van der Waals surface area (Å²) in [5.41, 5.74) is -0.578. The third-order valence-corrected chi connectivity index (χ3v) is 4.51. The molecule has 7 heteroatoms. The first-order valence-corrected chi connectivity index (χ1v) is 8.64.